The van der Waals surface area contributed by atoms with Crippen LogP contribution in [0.2, 0.25) is 0 Å². The van der Waals surface area contributed by atoms with Crippen LogP contribution in [0.3, 0.4) is 0 Å². The van der Waals surface area contributed by atoms with Crippen molar-refractivity contribution in [1.29, 1.82) is 0 Å². The lowest BCUT2D eigenvalue weighted by Gasteiger charge is -2.20. The molecule has 4 nitrogen and oxygen atoms in total. The highest BCUT2D eigenvalue weighted by atomic mass is 15.2. The van der Waals surface area contributed by atoms with Crippen molar-refractivity contribution in [3.8, 4) is 0 Å². The number of nitrogens with one attached hydrogen (secondary N) is 1. The first-order valence-corrected chi connectivity index (χ1v) is 6.08. The summed E-state index contributed by atoms with van der Waals surface area (Å²) in [5.41, 5.74) is 0. The van der Waals surface area contributed by atoms with E-state index in [2.05, 4.69) is 27.3 Å². The van der Waals surface area contributed by atoms with Gasteiger partial charge in [0.05, 0.1) is 0 Å². The van der Waals surface area contributed by atoms with E-state index in [1.807, 2.05) is 12.1 Å². The molecule has 0 saturated carbocycles. The average Bonchev–Trinajstić information content (AvgIpc) is 2.81. The fraction of sp³-hybridized carbons (Fsp3) is 0.667. The molecule has 0 aliphatic carbocycles. The van der Waals surface area contributed by atoms with Gasteiger partial charge in [-0.1, -0.05) is 6.92 Å². The van der Waals surface area contributed by atoms with Gasteiger partial charge < -0.3 is 10.2 Å². The summed E-state index contributed by atoms with van der Waals surface area (Å²) in [7, 11) is 0. The van der Waals surface area contributed by atoms with Crippen LogP contribution < -0.4 is 5.32 Å². The number of nitrogens with zero attached hydrogens (tertiary/aromatic N) is 3. The lowest BCUT2D eigenvalue weighted by Crippen LogP contribution is -2.29. The van der Waals surface area contributed by atoms with Crippen LogP contribution in [0.4, 0.5) is 5.82 Å². The minimum atomic E-state index is 0.653. The Labute approximate surface area is 97.1 Å². The van der Waals surface area contributed by atoms with Gasteiger partial charge in [0, 0.05) is 19.3 Å². The molecule has 0 aromatic carbocycles. The highest BCUT2D eigenvalue weighted by molar-refractivity contribution is 5.31. The molecule has 1 atom stereocenters. The van der Waals surface area contributed by atoms with Gasteiger partial charge in [0.25, 0.3) is 0 Å². The smallest absolute Gasteiger partial charge is 0.148 e. The molecule has 1 saturated heterocycles. The minimum absolute atomic E-state index is 0.653. The van der Waals surface area contributed by atoms with Gasteiger partial charge in [0.15, 0.2) is 0 Å². The average molecular weight is 220 g/mol. The van der Waals surface area contributed by atoms with Crippen LogP contribution in [0.5, 0.6) is 0 Å². The molecule has 1 aromatic heterocycles. The van der Waals surface area contributed by atoms with E-state index in [9.17, 15) is 0 Å². The Balaban J connectivity index is 1.69. The van der Waals surface area contributed by atoms with Gasteiger partial charge in [0.1, 0.15) is 5.82 Å². The molecule has 0 spiro atoms. The van der Waals surface area contributed by atoms with E-state index in [-0.39, 0.29) is 0 Å². The Morgan fingerprint density at radius 3 is 2.94 bits per heavy atom. The maximum atomic E-state index is 4.01. The summed E-state index contributed by atoms with van der Waals surface area (Å²) in [6.45, 7) is 6.98. The predicted octanol–water partition coefficient (Wildman–Crippen LogP) is 1.62. The zero-order valence-corrected chi connectivity index (χ0v) is 9.89. The van der Waals surface area contributed by atoms with E-state index in [1.54, 1.807) is 6.20 Å². The van der Waals surface area contributed by atoms with Crippen molar-refractivity contribution in [2.45, 2.75) is 19.8 Å². The quantitative estimate of drug-likeness (QED) is 0.818. The third-order valence-electron chi connectivity index (χ3n) is 2.97. The van der Waals surface area contributed by atoms with Crippen LogP contribution in [0, 0.1) is 5.92 Å². The van der Waals surface area contributed by atoms with Crippen LogP contribution in [0.1, 0.15) is 19.8 Å². The van der Waals surface area contributed by atoms with Crippen LogP contribution in [0.15, 0.2) is 18.3 Å². The molecule has 2 rings (SSSR count). The molecule has 0 radical (unpaired) electrons. The summed E-state index contributed by atoms with van der Waals surface area (Å²) >= 11 is 0. The topological polar surface area (TPSA) is 41.1 Å². The van der Waals surface area contributed by atoms with Gasteiger partial charge in [-0.05, 0) is 44.0 Å². The number of rotatable bonds is 5. The van der Waals surface area contributed by atoms with Gasteiger partial charge in [-0.15, -0.1) is 5.10 Å². The van der Waals surface area contributed by atoms with Crippen molar-refractivity contribution < 1.29 is 0 Å². The predicted molar refractivity (Wildman–Crippen MR) is 65.4 cm³/mol. The SMILES string of the molecule is CC(CNc1cccnn1)CN1CCCC1. The minimum Gasteiger partial charge on any atom is -0.368 e. The van der Waals surface area contributed by atoms with E-state index in [1.165, 1.54) is 32.5 Å². The van der Waals surface area contributed by atoms with Crippen molar-refractivity contribution in [3.05, 3.63) is 18.3 Å². The Hall–Kier alpha value is -1.16. The second-order valence-corrected chi connectivity index (χ2v) is 4.60. The molecule has 0 amide bonds. The monoisotopic (exact) mass is 220 g/mol. The molecule has 1 aliphatic heterocycles. The van der Waals surface area contributed by atoms with Gasteiger partial charge >= 0.3 is 0 Å². The molecule has 88 valence electrons. The number of aromatic nitrogens is 2. The summed E-state index contributed by atoms with van der Waals surface area (Å²) in [4.78, 5) is 2.54. The first-order chi connectivity index (χ1) is 7.84. The molecule has 1 aromatic rings. The molecule has 1 fully saturated rings. The maximum absolute atomic E-state index is 4.01. The zero-order valence-electron chi connectivity index (χ0n) is 9.89. The lowest BCUT2D eigenvalue weighted by atomic mass is 10.1. The first kappa shape index (κ1) is 11.3. The third kappa shape index (κ3) is 3.45. The molecule has 1 unspecified atom stereocenters. The van der Waals surface area contributed by atoms with E-state index >= 15 is 0 Å². The lowest BCUT2D eigenvalue weighted by molar-refractivity contribution is 0.294. The number of hydrogen-bond acceptors (Lipinski definition) is 4. The van der Waals surface area contributed by atoms with Gasteiger partial charge in [-0.2, -0.15) is 5.10 Å². The summed E-state index contributed by atoms with van der Waals surface area (Å²) in [6, 6.07) is 3.86. The van der Waals surface area contributed by atoms with E-state index in [0.717, 1.165) is 12.4 Å². The Morgan fingerprint density at radius 1 is 1.44 bits per heavy atom. The summed E-state index contributed by atoms with van der Waals surface area (Å²) in [6.07, 6.45) is 4.42. The van der Waals surface area contributed by atoms with Crippen molar-refractivity contribution >= 4 is 5.82 Å². The molecular weight excluding hydrogens is 200 g/mol. The fourth-order valence-corrected chi connectivity index (χ4v) is 2.15. The number of hydrogen-bond donors (Lipinski definition) is 1. The molecule has 1 aliphatic rings. The highest BCUT2D eigenvalue weighted by Crippen LogP contribution is 2.10. The molecule has 16 heavy (non-hydrogen) atoms. The number of likely N-dealkylation sites (tertiary alicyclic amines) is 1. The molecule has 0 bridgehead atoms. The second kappa shape index (κ2) is 5.80. The van der Waals surface area contributed by atoms with E-state index in [0.29, 0.717) is 5.92 Å². The van der Waals surface area contributed by atoms with Crippen LogP contribution in [-0.2, 0) is 0 Å². The van der Waals surface area contributed by atoms with E-state index < -0.39 is 0 Å². The van der Waals surface area contributed by atoms with Crippen molar-refractivity contribution in [3.63, 3.8) is 0 Å². The summed E-state index contributed by atoms with van der Waals surface area (Å²) < 4.78 is 0. The summed E-state index contributed by atoms with van der Waals surface area (Å²) in [5, 5.41) is 11.2. The molecule has 2 heterocycles. The Morgan fingerprint density at radius 2 is 2.25 bits per heavy atom. The summed E-state index contributed by atoms with van der Waals surface area (Å²) in [5.74, 6) is 1.52. The largest absolute Gasteiger partial charge is 0.368 e. The Bertz CT molecular complexity index is 295. The normalized spacial score (nSPS) is 18.6. The van der Waals surface area contributed by atoms with Crippen molar-refractivity contribution in [2.75, 3.05) is 31.5 Å². The number of anilines is 1. The van der Waals surface area contributed by atoms with E-state index in [4.69, 9.17) is 0 Å². The first-order valence-electron chi connectivity index (χ1n) is 6.08. The molecule has 1 N–H and O–H groups in total. The van der Waals surface area contributed by atoms with Crippen molar-refractivity contribution in [1.82, 2.24) is 15.1 Å². The van der Waals surface area contributed by atoms with Gasteiger partial charge in [-0.25, -0.2) is 0 Å². The van der Waals surface area contributed by atoms with Crippen molar-refractivity contribution in [2.24, 2.45) is 5.92 Å². The fourth-order valence-electron chi connectivity index (χ4n) is 2.15. The van der Waals surface area contributed by atoms with Crippen LogP contribution in [0.25, 0.3) is 0 Å². The maximum Gasteiger partial charge on any atom is 0.148 e. The zero-order chi connectivity index (χ0) is 11.2. The molecule has 4 heteroatoms. The third-order valence-corrected chi connectivity index (χ3v) is 2.97. The van der Waals surface area contributed by atoms with Crippen LogP contribution >= 0.6 is 0 Å². The standard InChI is InChI=1S/C12H20N4/c1-11(10-16-7-2-3-8-16)9-13-12-5-4-6-14-15-12/h4-6,11H,2-3,7-10H2,1H3,(H,13,15). The van der Waals surface area contributed by atoms with Crippen LogP contribution in [-0.4, -0.2) is 41.3 Å². The van der Waals surface area contributed by atoms with Gasteiger partial charge in [0.2, 0.25) is 0 Å². The Kier molecular flexibility index (Phi) is 4.10. The molecular formula is C12H20N4. The second-order valence-electron chi connectivity index (χ2n) is 4.60. The van der Waals surface area contributed by atoms with Gasteiger partial charge in [-0.3, -0.25) is 0 Å². The highest BCUT2D eigenvalue weighted by Gasteiger charge is 2.14.